The maximum atomic E-state index is 12.1. The van der Waals surface area contributed by atoms with E-state index < -0.39 is 24.3 Å². The van der Waals surface area contributed by atoms with E-state index in [-0.39, 0.29) is 18.9 Å². The fraction of sp³-hybridized carbons (Fsp3) is 0.278. The fourth-order valence-electron chi connectivity index (χ4n) is 2.06. The first-order valence-corrected chi connectivity index (χ1v) is 9.20. The Labute approximate surface area is 164 Å². The SMILES string of the molecule is Cc1csc([C@@H](C#N)C(=O)COC(=O)CCNC(=O)c2ccc(Cl)cc2)n1. The summed E-state index contributed by atoms with van der Waals surface area (Å²) in [7, 11) is 0. The lowest BCUT2D eigenvalue weighted by Gasteiger charge is -2.08. The Morgan fingerprint density at radius 2 is 2.04 bits per heavy atom. The van der Waals surface area contributed by atoms with Gasteiger partial charge in [-0.25, -0.2) is 4.98 Å². The van der Waals surface area contributed by atoms with Crippen molar-refractivity contribution in [2.75, 3.05) is 13.2 Å². The predicted molar refractivity (Wildman–Crippen MR) is 99.6 cm³/mol. The van der Waals surface area contributed by atoms with Crippen LogP contribution in [0, 0.1) is 18.3 Å². The monoisotopic (exact) mass is 405 g/mol. The summed E-state index contributed by atoms with van der Waals surface area (Å²) in [5.74, 6) is -2.59. The molecule has 9 heteroatoms. The molecule has 1 amide bonds. The summed E-state index contributed by atoms with van der Waals surface area (Å²) in [5.41, 5.74) is 1.13. The quantitative estimate of drug-likeness (QED) is 0.676. The normalized spacial score (nSPS) is 11.3. The summed E-state index contributed by atoms with van der Waals surface area (Å²) in [6.45, 7) is 1.31. The van der Waals surface area contributed by atoms with E-state index in [2.05, 4.69) is 10.3 Å². The molecule has 0 unspecified atom stereocenters. The zero-order valence-electron chi connectivity index (χ0n) is 14.4. The molecule has 0 fully saturated rings. The molecule has 0 bridgehead atoms. The van der Waals surface area contributed by atoms with Crippen molar-refractivity contribution in [3.8, 4) is 6.07 Å². The van der Waals surface area contributed by atoms with Gasteiger partial charge < -0.3 is 10.1 Å². The Hall–Kier alpha value is -2.76. The summed E-state index contributed by atoms with van der Waals surface area (Å²) in [4.78, 5) is 39.8. The minimum Gasteiger partial charge on any atom is -0.458 e. The molecule has 1 N–H and O–H groups in total. The number of esters is 1. The average Bonchev–Trinajstić information content (AvgIpc) is 3.07. The van der Waals surface area contributed by atoms with Gasteiger partial charge in [0, 0.05) is 28.2 Å². The fourth-order valence-corrected chi connectivity index (χ4v) is 3.05. The van der Waals surface area contributed by atoms with E-state index >= 15 is 0 Å². The summed E-state index contributed by atoms with van der Waals surface area (Å²) < 4.78 is 4.89. The third-order valence-corrected chi connectivity index (χ3v) is 4.71. The van der Waals surface area contributed by atoms with Gasteiger partial charge in [-0.3, -0.25) is 14.4 Å². The Kier molecular flexibility index (Phi) is 7.46. The summed E-state index contributed by atoms with van der Waals surface area (Å²) in [5, 5.41) is 14.4. The molecule has 1 atom stereocenters. The van der Waals surface area contributed by atoms with Crippen molar-refractivity contribution in [3.05, 3.63) is 50.9 Å². The third-order valence-electron chi connectivity index (χ3n) is 3.43. The van der Waals surface area contributed by atoms with Gasteiger partial charge in [0.05, 0.1) is 12.5 Å². The maximum absolute atomic E-state index is 12.1. The molecule has 27 heavy (non-hydrogen) atoms. The van der Waals surface area contributed by atoms with E-state index in [0.717, 1.165) is 5.69 Å². The number of aryl methyl sites for hydroxylation is 1. The van der Waals surface area contributed by atoms with Crippen molar-refractivity contribution in [1.82, 2.24) is 10.3 Å². The molecule has 0 radical (unpaired) electrons. The van der Waals surface area contributed by atoms with Gasteiger partial charge in [0.15, 0.2) is 18.3 Å². The van der Waals surface area contributed by atoms with Gasteiger partial charge in [-0.1, -0.05) is 11.6 Å². The number of ketones is 1. The van der Waals surface area contributed by atoms with Crippen LogP contribution in [0.3, 0.4) is 0 Å². The van der Waals surface area contributed by atoms with Crippen molar-refractivity contribution < 1.29 is 19.1 Å². The molecular formula is C18H16ClN3O4S. The second-order valence-corrected chi connectivity index (χ2v) is 6.86. The van der Waals surface area contributed by atoms with Gasteiger partial charge in [-0.15, -0.1) is 11.3 Å². The number of rotatable bonds is 8. The number of thiazole rings is 1. The topological polar surface area (TPSA) is 109 Å². The van der Waals surface area contributed by atoms with E-state index in [1.165, 1.54) is 11.3 Å². The number of Topliss-reactive ketones (excluding diaryl/α,β-unsaturated/α-hetero) is 1. The Bertz CT molecular complexity index is 873. The number of aromatic nitrogens is 1. The average molecular weight is 406 g/mol. The molecule has 1 aromatic heterocycles. The van der Waals surface area contributed by atoms with Crippen LogP contribution in [0.15, 0.2) is 29.6 Å². The van der Waals surface area contributed by atoms with Crippen molar-refractivity contribution in [1.29, 1.82) is 5.26 Å². The highest BCUT2D eigenvalue weighted by Gasteiger charge is 2.24. The number of hydrogen-bond donors (Lipinski definition) is 1. The molecule has 0 aliphatic carbocycles. The largest absolute Gasteiger partial charge is 0.458 e. The third kappa shape index (κ3) is 6.16. The Morgan fingerprint density at radius 1 is 1.33 bits per heavy atom. The highest BCUT2D eigenvalue weighted by molar-refractivity contribution is 7.09. The summed E-state index contributed by atoms with van der Waals surface area (Å²) in [6, 6.07) is 8.19. The van der Waals surface area contributed by atoms with Crippen molar-refractivity contribution >= 4 is 40.6 Å². The number of amides is 1. The number of nitriles is 1. The van der Waals surface area contributed by atoms with Gasteiger partial charge in [-0.2, -0.15) is 5.26 Å². The van der Waals surface area contributed by atoms with Crippen molar-refractivity contribution in [3.63, 3.8) is 0 Å². The molecule has 0 saturated carbocycles. The van der Waals surface area contributed by atoms with Crippen LogP contribution in [0.1, 0.15) is 33.4 Å². The molecule has 2 rings (SSSR count). The van der Waals surface area contributed by atoms with Crippen LogP contribution in [0.25, 0.3) is 0 Å². The van der Waals surface area contributed by atoms with Crippen LogP contribution in [0.4, 0.5) is 0 Å². The van der Waals surface area contributed by atoms with Crippen LogP contribution in [0.2, 0.25) is 5.02 Å². The van der Waals surface area contributed by atoms with Crippen LogP contribution in [0.5, 0.6) is 0 Å². The smallest absolute Gasteiger partial charge is 0.308 e. The molecule has 2 aromatic rings. The highest BCUT2D eigenvalue weighted by Crippen LogP contribution is 2.20. The second-order valence-electron chi connectivity index (χ2n) is 5.53. The van der Waals surface area contributed by atoms with Crippen molar-refractivity contribution in [2.24, 2.45) is 0 Å². The minimum absolute atomic E-state index is 0.0574. The van der Waals surface area contributed by atoms with Crippen LogP contribution >= 0.6 is 22.9 Å². The number of hydrogen-bond acceptors (Lipinski definition) is 7. The van der Waals surface area contributed by atoms with Crippen LogP contribution < -0.4 is 5.32 Å². The van der Waals surface area contributed by atoms with Gasteiger partial charge in [0.25, 0.3) is 5.91 Å². The zero-order chi connectivity index (χ0) is 19.8. The van der Waals surface area contributed by atoms with E-state index in [4.69, 9.17) is 21.6 Å². The Morgan fingerprint density at radius 3 is 2.63 bits per heavy atom. The number of ether oxygens (including phenoxy) is 1. The van der Waals surface area contributed by atoms with E-state index in [9.17, 15) is 14.4 Å². The van der Waals surface area contributed by atoms with Gasteiger partial charge >= 0.3 is 5.97 Å². The molecule has 1 aromatic carbocycles. The van der Waals surface area contributed by atoms with Crippen LogP contribution in [-0.2, 0) is 14.3 Å². The molecule has 0 saturated heterocycles. The second kappa shape index (κ2) is 9.80. The van der Waals surface area contributed by atoms with Crippen molar-refractivity contribution in [2.45, 2.75) is 19.3 Å². The lowest BCUT2D eigenvalue weighted by molar-refractivity contribution is -0.147. The number of nitrogens with zero attached hydrogens (tertiary/aromatic N) is 2. The van der Waals surface area contributed by atoms with E-state index in [1.54, 1.807) is 36.6 Å². The molecule has 7 nitrogen and oxygen atoms in total. The number of benzene rings is 1. The van der Waals surface area contributed by atoms with E-state index in [1.807, 2.05) is 6.07 Å². The first-order chi connectivity index (χ1) is 12.9. The summed E-state index contributed by atoms with van der Waals surface area (Å²) in [6.07, 6.45) is -0.0970. The molecule has 140 valence electrons. The standard InChI is InChI=1S/C18H16ClN3O4S/c1-11-10-27-18(22-11)14(8-20)15(23)9-26-16(24)6-7-21-17(25)12-2-4-13(19)5-3-12/h2-5,10,14H,6-7,9H2,1H3,(H,21,25)/t14-/m0/s1. The number of halogens is 1. The molecule has 1 heterocycles. The van der Waals surface area contributed by atoms with E-state index in [0.29, 0.717) is 15.6 Å². The minimum atomic E-state index is -1.05. The number of carbonyl (C=O) groups excluding carboxylic acids is 3. The lowest BCUT2D eigenvalue weighted by atomic mass is 10.1. The molecule has 0 aliphatic heterocycles. The van der Waals surface area contributed by atoms with Gasteiger partial charge in [0.2, 0.25) is 0 Å². The summed E-state index contributed by atoms with van der Waals surface area (Å²) >= 11 is 6.96. The number of nitrogens with one attached hydrogen (secondary N) is 1. The first kappa shape index (κ1) is 20.6. The highest BCUT2D eigenvalue weighted by atomic mass is 35.5. The Balaban J connectivity index is 1.74. The molecule has 0 aliphatic rings. The predicted octanol–water partition coefficient (Wildman–Crippen LogP) is 2.64. The lowest BCUT2D eigenvalue weighted by Crippen LogP contribution is -2.27. The zero-order valence-corrected chi connectivity index (χ0v) is 16.0. The van der Waals surface area contributed by atoms with Crippen LogP contribution in [-0.4, -0.2) is 35.8 Å². The van der Waals surface area contributed by atoms with Gasteiger partial charge in [-0.05, 0) is 31.2 Å². The molecular weight excluding hydrogens is 390 g/mol. The maximum Gasteiger partial charge on any atom is 0.308 e. The first-order valence-electron chi connectivity index (χ1n) is 7.94. The molecule has 0 spiro atoms. The number of carbonyl (C=O) groups is 3. The van der Waals surface area contributed by atoms with Gasteiger partial charge in [0.1, 0.15) is 5.01 Å².